The van der Waals surface area contributed by atoms with Crippen LogP contribution < -0.4 is 4.90 Å². The van der Waals surface area contributed by atoms with Gasteiger partial charge in [0.05, 0.1) is 5.69 Å². The lowest BCUT2D eigenvalue weighted by Crippen LogP contribution is -2.54. The Labute approximate surface area is 162 Å². The van der Waals surface area contributed by atoms with Gasteiger partial charge in [-0.15, -0.1) is 0 Å². The first-order valence-corrected chi connectivity index (χ1v) is 11.2. The molecule has 0 N–H and O–H groups in total. The average molecular weight is 389 g/mol. The van der Waals surface area contributed by atoms with Crippen molar-refractivity contribution in [1.82, 2.24) is 14.8 Å². The molecule has 138 valence electrons. The van der Waals surface area contributed by atoms with E-state index in [2.05, 4.69) is 38.6 Å². The molecule has 2 fully saturated rings. The standard InChI is InChI=1S/C19H24N4OS2/c1-21-5-7-22(8-6-21)18(24)16-10-15-19(23(16)11-13-2-3-13)26-17(20-15)14-4-9-25-12-14/h4,9,12-13,16H,2-3,5-8,10-11H2,1H3. The summed E-state index contributed by atoms with van der Waals surface area (Å²) in [5.74, 6) is 1.07. The molecule has 1 saturated heterocycles. The van der Waals surface area contributed by atoms with Gasteiger partial charge in [-0.25, -0.2) is 4.98 Å². The second kappa shape index (κ2) is 6.62. The van der Waals surface area contributed by atoms with E-state index in [4.69, 9.17) is 4.98 Å². The Balaban J connectivity index is 1.39. The van der Waals surface area contributed by atoms with Gasteiger partial charge in [-0.2, -0.15) is 11.3 Å². The van der Waals surface area contributed by atoms with Gasteiger partial charge in [-0.1, -0.05) is 11.3 Å². The first-order valence-electron chi connectivity index (χ1n) is 9.45. The smallest absolute Gasteiger partial charge is 0.245 e. The fourth-order valence-electron chi connectivity index (χ4n) is 3.89. The van der Waals surface area contributed by atoms with E-state index in [-0.39, 0.29) is 6.04 Å². The molecule has 3 aliphatic rings. The predicted octanol–water partition coefficient (Wildman–Crippen LogP) is 2.79. The molecule has 0 aromatic carbocycles. The normalized spacial score (nSPS) is 23.5. The van der Waals surface area contributed by atoms with Crippen molar-refractivity contribution in [3.8, 4) is 10.6 Å². The first-order chi connectivity index (χ1) is 12.7. The molecule has 5 rings (SSSR count). The highest BCUT2D eigenvalue weighted by molar-refractivity contribution is 7.19. The zero-order valence-corrected chi connectivity index (χ0v) is 16.7. The molecule has 2 aromatic heterocycles. The molecule has 26 heavy (non-hydrogen) atoms. The van der Waals surface area contributed by atoms with Crippen LogP contribution in [-0.4, -0.2) is 66.5 Å². The first kappa shape index (κ1) is 16.7. The number of nitrogens with zero attached hydrogens (tertiary/aromatic N) is 4. The molecular weight excluding hydrogens is 364 g/mol. The lowest BCUT2D eigenvalue weighted by molar-refractivity contribution is -0.134. The summed E-state index contributed by atoms with van der Waals surface area (Å²) in [5, 5.41) is 6.60. The quantitative estimate of drug-likeness (QED) is 0.808. The Hall–Kier alpha value is -1.44. The van der Waals surface area contributed by atoms with Gasteiger partial charge < -0.3 is 14.7 Å². The van der Waals surface area contributed by atoms with Gasteiger partial charge in [0, 0.05) is 50.1 Å². The summed E-state index contributed by atoms with van der Waals surface area (Å²) in [5.41, 5.74) is 2.34. The van der Waals surface area contributed by atoms with Crippen LogP contribution in [0.15, 0.2) is 16.8 Å². The van der Waals surface area contributed by atoms with Crippen molar-refractivity contribution in [1.29, 1.82) is 0 Å². The number of amides is 1. The maximum Gasteiger partial charge on any atom is 0.245 e. The van der Waals surface area contributed by atoms with Crippen molar-refractivity contribution in [2.75, 3.05) is 44.7 Å². The van der Waals surface area contributed by atoms with Crippen LogP contribution in [0.4, 0.5) is 5.00 Å². The van der Waals surface area contributed by atoms with Crippen molar-refractivity contribution in [2.45, 2.75) is 25.3 Å². The molecule has 1 atom stereocenters. The second-order valence-electron chi connectivity index (χ2n) is 7.73. The van der Waals surface area contributed by atoms with Gasteiger partial charge in [0.1, 0.15) is 16.1 Å². The summed E-state index contributed by atoms with van der Waals surface area (Å²) in [6.07, 6.45) is 3.38. The monoisotopic (exact) mass is 388 g/mol. The summed E-state index contributed by atoms with van der Waals surface area (Å²) < 4.78 is 0. The lowest BCUT2D eigenvalue weighted by atomic mass is 10.1. The third-order valence-electron chi connectivity index (χ3n) is 5.72. The summed E-state index contributed by atoms with van der Waals surface area (Å²) in [6.45, 7) is 4.67. The number of aromatic nitrogens is 1. The fourth-order valence-corrected chi connectivity index (χ4v) is 5.76. The van der Waals surface area contributed by atoms with Gasteiger partial charge in [-0.3, -0.25) is 4.79 Å². The van der Waals surface area contributed by atoms with Gasteiger partial charge in [0.25, 0.3) is 0 Å². The highest BCUT2D eigenvalue weighted by Crippen LogP contribution is 2.44. The maximum absolute atomic E-state index is 13.2. The SMILES string of the molecule is CN1CCN(C(=O)C2Cc3nc(-c4ccsc4)sc3N2CC2CC2)CC1. The zero-order valence-electron chi connectivity index (χ0n) is 15.1. The van der Waals surface area contributed by atoms with E-state index in [1.165, 1.54) is 23.4 Å². The van der Waals surface area contributed by atoms with E-state index in [1.54, 1.807) is 22.7 Å². The van der Waals surface area contributed by atoms with Crippen LogP contribution >= 0.6 is 22.7 Å². The van der Waals surface area contributed by atoms with E-state index in [0.717, 1.165) is 55.8 Å². The van der Waals surface area contributed by atoms with Crippen molar-refractivity contribution in [2.24, 2.45) is 5.92 Å². The lowest BCUT2D eigenvalue weighted by Gasteiger charge is -2.36. The predicted molar refractivity (Wildman–Crippen MR) is 107 cm³/mol. The van der Waals surface area contributed by atoms with Crippen molar-refractivity contribution in [3.05, 3.63) is 22.5 Å². The Bertz CT molecular complexity index is 791. The molecule has 5 nitrogen and oxygen atoms in total. The van der Waals surface area contributed by atoms with E-state index in [9.17, 15) is 4.79 Å². The number of thiazole rings is 1. The molecular formula is C19H24N4OS2. The number of rotatable bonds is 4. The Morgan fingerprint density at radius 1 is 1.27 bits per heavy atom. The minimum Gasteiger partial charge on any atom is -0.349 e. The number of piperazine rings is 1. The van der Waals surface area contributed by atoms with E-state index < -0.39 is 0 Å². The summed E-state index contributed by atoms with van der Waals surface area (Å²) in [6, 6.07) is 2.10. The number of likely N-dealkylation sites (N-methyl/N-ethyl adjacent to an activating group) is 1. The van der Waals surface area contributed by atoms with Crippen molar-refractivity contribution >= 4 is 33.6 Å². The third-order valence-corrected chi connectivity index (χ3v) is 7.59. The summed E-state index contributed by atoms with van der Waals surface area (Å²) in [7, 11) is 2.13. The van der Waals surface area contributed by atoms with Crippen LogP contribution in [-0.2, 0) is 11.2 Å². The summed E-state index contributed by atoms with van der Waals surface area (Å²) in [4.78, 5) is 24.9. The molecule has 1 saturated carbocycles. The van der Waals surface area contributed by atoms with Crippen LogP contribution in [0, 0.1) is 5.92 Å². The number of hydrogen-bond acceptors (Lipinski definition) is 6. The van der Waals surface area contributed by atoms with E-state index >= 15 is 0 Å². The number of carbonyl (C=O) groups is 1. The minimum absolute atomic E-state index is 0.0377. The van der Waals surface area contributed by atoms with Gasteiger partial charge in [0.2, 0.25) is 5.91 Å². The molecule has 4 heterocycles. The Morgan fingerprint density at radius 3 is 2.77 bits per heavy atom. The molecule has 0 spiro atoms. The second-order valence-corrected chi connectivity index (χ2v) is 9.48. The number of carbonyl (C=O) groups excluding carboxylic acids is 1. The number of anilines is 1. The van der Waals surface area contributed by atoms with Crippen LogP contribution in [0.2, 0.25) is 0 Å². The Morgan fingerprint density at radius 2 is 2.08 bits per heavy atom. The molecule has 0 radical (unpaired) electrons. The highest BCUT2D eigenvalue weighted by atomic mass is 32.1. The van der Waals surface area contributed by atoms with Crippen LogP contribution in [0.5, 0.6) is 0 Å². The highest BCUT2D eigenvalue weighted by Gasteiger charge is 2.42. The molecule has 1 unspecified atom stereocenters. The summed E-state index contributed by atoms with van der Waals surface area (Å²) >= 11 is 3.48. The topological polar surface area (TPSA) is 39.7 Å². The third kappa shape index (κ3) is 3.06. The van der Waals surface area contributed by atoms with Crippen molar-refractivity contribution in [3.63, 3.8) is 0 Å². The number of thiophene rings is 1. The largest absolute Gasteiger partial charge is 0.349 e. The fraction of sp³-hybridized carbons (Fsp3) is 0.579. The van der Waals surface area contributed by atoms with Crippen LogP contribution in [0.3, 0.4) is 0 Å². The van der Waals surface area contributed by atoms with E-state index in [0.29, 0.717) is 5.91 Å². The maximum atomic E-state index is 13.2. The molecule has 0 bridgehead atoms. The average Bonchev–Trinajstić information content (AvgIpc) is 3.04. The van der Waals surface area contributed by atoms with Crippen LogP contribution in [0.1, 0.15) is 18.5 Å². The molecule has 7 heteroatoms. The van der Waals surface area contributed by atoms with Gasteiger partial charge >= 0.3 is 0 Å². The molecule has 1 aliphatic carbocycles. The molecule has 1 amide bonds. The van der Waals surface area contributed by atoms with Crippen LogP contribution in [0.25, 0.3) is 10.6 Å². The minimum atomic E-state index is -0.0377. The Kier molecular flexibility index (Phi) is 4.26. The van der Waals surface area contributed by atoms with E-state index in [1.807, 2.05) is 0 Å². The van der Waals surface area contributed by atoms with Gasteiger partial charge in [0.15, 0.2) is 0 Å². The molecule has 2 aliphatic heterocycles. The van der Waals surface area contributed by atoms with Crippen molar-refractivity contribution < 1.29 is 4.79 Å². The zero-order chi connectivity index (χ0) is 17.7. The number of hydrogen-bond donors (Lipinski definition) is 0. The number of fused-ring (bicyclic) bond motifs is 1. The molecule has 2 aromatic rings. The van der Waals surface area contributed by atoms with Gasteiger partial charge in [-0.05, 0) is 37.3 Å².